The Balaban J connectivity index is 1.92. The van der Waals surface area contributed by atoms with E-state index >= 15 is 0 Å². The molecule has 1 aliphatic heterocycles. The Hall–Kier alpha value is -2.11. The van der Waals surface area contributed by atoms with Gasteiger partial charge in [0, 0.05) is 22.9 Å². The fraction of sp³-hybridized carbons (Fsp3) is 0.250. The SMILES string of the molecule is CCOc1ccc2c(c1)NC(C)(C)c1ssc(=Nc3ccccc3)c1-2. The summed E-state index contributed by atoms with van der Waals surface area (Å²) >= 11 is 0. The van der Waals surface area contributed by atoms with E-state index in [1.807, 2.05) is 53.7 Å². The third kappa shape index (κ3) is 2.98. The van der Waals surface area contributed by atoms with Crippen LogP contribution in [0.3, 0.4) is 0 Å². The fourth-order valence-corrected chi connectivity index (χ4v) is 6.04. The van der Waals surface area contributed by atoms with E-state index in [2.05, 4.69) is 31.3 Å². The minimum absolute atomic E-state index is 0.126. The lowest BCUT2D eigenvalue weighted by atomic mass is 9.90. The third-order valence-electron chi connectivity index (χ3n) is 4.22. The lowest BCUT2D eigenvalue weighted by molar-refractivity contribution is 0.340. The normalized spacial score (nSPS) is 15.2. The number of hydrogen-bond donors (Lipinski definition) is 1. The van der Waals surface area contributed by atoms with Crippen LogP contribution in [0.2, 0.25) is 0 Å². The van der Waals surface area contributed by atoms with Gasteiger partial charge < -0.3 is 10.1 Å². The van der Waals surface area contributed by atoms with E-state index in [-0.39, 0.29) is 5.54 Å². The fourth-order valence-electron chi connectivity index (χ4n) is 3.10. The first-order valence-electron chi connectivity index (χ1n) is 8.37. The van der Waals surface area contributed by atoms with Gasteiger partial charge in [-0.15, -0.1) is 0 Å². The maximum Gasteiger partial charge on any atom is 0.135 e. The van der Waals surface area contributed by atoms with E-state index < -0.39 is 0 Å². The molecule has 0 saturated heterocycles. The van der Waals surface area contributed by atoms with Crippen LogP contribution in [0.1, 0.15) is 25.6 Å². The zero-order valence-electron chi connectivity index (χ0n) is 14.5. The molecule has 0 spiro atoms. The van der Waals surface area contributed by atoms with Crippen molar-refractivity contribution < 1.29 is 4.74 Å². The number of para-hydroxylation sites is 1. The molecule has 1 aliphatic rings. The van der Waals surface area contributed by atoms with Crippen molar-refractivity contribution in [3.8, 4) is 16.9 Å². The zero-order valence-corrected chi connectivity index (χ0v) is 16.1. The molecule has 2 aromatic carbocycles. The van der Waals surface area contributed by atoms with Crippen molar-refractivity contribution in [2.75, 3.05) is 11.9 Å². The zero-order chi connectivity index (χ0) is 17.4. The van der Waals surface area contributed by atoms with Crippen LogP contribution in [0.15, 0.2) is 53.5 Å². The topological polar surface area (TPSA) is 33.6 Å². The predicted molar refractivity (Wildman–Crippen MR) is 107 cm³/mol. The number of nitrogens with one attached hydrogen (secondary N) is 1. The maximum absolute atomic E-state index is 5.68. The van der Waals surface area contributed by atoms with Crippen LogP contribution in [0, 0.1) is 0 Å². The summed E-state index contributed by atoms with van der Waals surface area (Å²) in [5.74, 6) is 0.897. The first-order chi connectivity index (χ1) is 12.1. The van der Waals surface area contributed by atoms with Crippen molar-refractivity contribution in [3.05, 3.63) is 58.1 Å². The second-order valence-electron chi connectivity index (χ2n) is 6.51. The average molecular weight is 369 g/mol. The molecule has 1 aromatic heterocycles. The van der Waals surface area contributed by atoms with Crippen molar-refractivity contribution in [2.45, 2.75) is 26.3 Å². The number of rotatable bonds is 3. The Kier molecular flexibility index (Phi) is 4.13. The van der Waals surface area contributed by atoms with Gasteiger partial charge in [-0.1, -0.05) is 38.9 Å². The molecule has 0 fully saturated rings. The minimum Gasteiger partial charge on any atom is -0.494 e. The van der Waals surface area contributed by atoms with Crippen molar-refractivity contribution in [2.24, 2.45) is 4.99 Å². The largest absolute Gasteiger partial charge is 0.494 e. The molecular formula is C20H20N2OS2. The lowest BCUT2D eigenvalue weighted by Gasteiger charge is -2.33. The molecule has 2 heterocycles. The Bertz CT molecular complexity index is 971. The van der Waals surface area contributed by atoms with Crippen molar-refractivity contribution >= 4 is 32.1 Å². The van der Waals surface area contributed by atoms with Crippen molar-refractivity contribution in [3.63, 3.8) is 0 Å². The Morgan fingerprint density at radius 2 is 1.88 bits per heavy atom. The van der Waals surface area contributed by atoms with Crippen LogP contribution >= 0.6 is 20.7 Å². The van der Waals surface area contributed by atoms with Crippen LogP contribution in [0.25, 0.3) is 11.1 Å². The van der Waals surface area contributed by atoms with Gasteiger partial charge in [0.25, 0.3) is 0 Å². The van der Waals surface area contributed by atoms with Gasteiger partial charge in [-0.05, 0) is 45.0 Å². The molecule has 1 N–H and O–H groups in total. The first-order valence-corrected chi connectivity index (χ1v) is 10.5. The van der Waals surface area contributed by atoms with Crippen LogP contribution in [0.4, 0.5) is 11.4 Å². The molecule has 0 radical (unpaired) electrons. The summed E-state index contributed by atoms with van der Waals surface area (Å²) in [6.45, 7) is 7.12. The molecule has 4 rings (SSSR count). The summed E-state index contributed by atoms with van der Waals surface area (Å²) in [4.78, 5) is 6.24. The van der Waals surface area contributed by atoms with Gasteiger partial charge in [0.05, 0.1) is 22.7 Å². The summed E-state index contributed by atoms with van der Waals surface area (Å²) in [6, 6.07) is 16.4. The smallest absolute Gasteiger partial charge is 0.135 e. The first kappa shape index (κ1) is 16.4. The van der Waals surface area contributed by atoms with E-state index in [1.54, 1.807) is 10.3 Å². The molecule has 25 heavy (non-hydrogen) atoms. The number of benzene rings is 2. The van der Waals surface area contributed by atoms with E-state index in [0.29, 0.717) is 6.61 Å². The van der Waals surface area contributed by atoms with Gasteiger partial charge in [-0.3, -0.25) is 0 Å². The van der Waals surface area contributed by atoms with Crippen LogP contribution in [-0.2, 0) is 5.54 Å². The van der Waals surface area contributed by atoms with Gasteiger partial charge in [0.15, 0.2) is 0 Å². The third-order valence-corrected chi connectivity index (χ3v) is 6.86. The predicted octanol–water partition coefficient (Wildman–Crippen LogP) is 5.77. The molecule has 128 valence electrons. The maximum atomic E-state index is 5.68. The molecule has 0 amide bonds. The quantitative estimate of drug-likeness (QED) is 0.596. The number of nitrogens with zero attached hydrogens (tertiary/aromatic N) is 1. The molecule has 0 atom stereocenters. The Morgan fingerprint density at radius 1 is 1.08 bits per heavy atom. The second-order valence-corrected chi connectivity index (χ2v) is 8.64. The highest BCUT2D eigenvalue weighted by atomic mass is 32.9. The molecule has 0 unspecified atom stereocenters. The molecular weight excluding hydrogens is 348 g/mol. The number of anilines is 1. The minimum atomic E-state index is -0.126. The molecule has 5 heteroatoms. The van der Waals surface area contributed by atoms with E-state index in [1.165, 1.54) is 16.0 Å². The summed E-state index contributed by atoms with van der Waals surface area (Å²) in [6.07, 6.45) is 0. The Morgan fingerprint density at radius 3 is 2.64 bits per heavy atom. The lowest BCUT2D eigenvalue weighted by Crippen LogP contribution is -2.31. The summed E-state index contributed by atoms with van der Waals surface area (Å²) < 4.78 is 6.75. The molecule has 0 bridgehead atoms. The van der Waals surface area contributed by atoms with Crippen LogP contribution in [-0.4, -0.2) is 6.61 Å². The second kappa shape index (κ2) is 6.32. The van der Waals surface area contributed by atoms with Gasteiger partial charge >= 0.3 is 0 Å². The summed E-state index contributed by atoms with van der Waals surface area (Å²) in [5.41, 5.74) is 4.42. The van der Waals surface area contributed by atoms with Gasteiger partial charge in [0.1, 0.15) is 10.4 Å². The highest BCUT2D eigenvalue weighted by Crippen LogP contribution is 2.46. The molecule has 3 aromatic rings. The van der Waals surface area contributed by atoms with E-state index in [9.17, 15) is 0 Å². The monoisotopic (exact) mass is 368 g/mol. The van der Waals surface area contributed by atoms with E-state index in [0.717, 1.165) is 21.8 Å². The van der Waals surface area contributed by atoms with Crippen LogP contribution in [0.5, 0.6) is 5.75 Å². The standard InChI is InChI=1S/C20H20N2OS2/c1-4-23-14-10-11-15-16(12-14)22-20(2,3)18-17(15)19(25-24-18)21-13-8-6-5-7-9-13/h5-12,22H,4H2,1-3H3. The number of ether oxygens (including phenoxy) is 1. The molecule has 0 aliphatic carbocycles. The molecule has 3 nitrogen and oxygen atoms in total. The Labute approximate surface area is 155 Å². The number of hydrogen-bond acceptors (Lipinski definition) is 5. The summed E-state index contributed by atoms with van der Waals surface area (Å²) in [7, 11) is 3.55. The summed E-state index contributed by atoms with van der Waals surface area (Å²) in [5, 5.41) is 3.66. The van der Waals surface area contributed by atoms with Crippen molar-refractivity contribution in [1.29, 1.82) is 0 Å². The molecule has 0 saturated carbocycles. The van der Waals surface area contributed by atoms with Gasteiger partial charge in [-0.2, -0.15) is 0 Å². The van der Waals surface area contributed by atoms with Gasteiger partial charge in [0.2, 0.25) is 0 Å². The van der Waals surface area contributed by atoms with Crippen molar-refractivity contribution in [1.82, 2.24) is 0 Å². The highest BCUT2D eigenvalue weighted by molar-refractivity contribution is 7.68. The number of fused-ring (bicyclic) bond motifs is 3. The van der Waals surface area contributed by atoms with E-state index in [4.69, 9.17) is 9.73 Å². The average Bonchev–Trinajstić information content (AvgIpc) is 3.01. The van der Waals surface area contributed by atoms with Gasteiger partial charge in [-0.25, -0.2) is 4.99 Å². The highest BCUT2D eigenvalue weighted by Gasteiger charge is 2.33. The van der Waals surface area contributed by atoms with Crippen LogP contribution < -0.4 is 14.7 Å².